The van der Waals surface area contributed by atoms with Crippen LogP contribution in [0.1, 0.15) is 29.8 Å². The first-order valence-electron chi connectivity index (χ1n) is 8.72. The number of likely N-dealkylation sites (tertiary alicyclic amines) is 2. The molecular weight excluding hydrogens is 322 g/mol. The van der Waals surface area contributed by atoms with E-state index in [1.54, 1.807) is 28.0 Å². The predicted octanol–water partition coefficient (Wildman–Crippen LogP) is 0.748. The zero-order valence-corrected chi connectivity index (χ0v) is 14.4. The van der Waals surface area contributed by atoms with Crippen molar-refractivity contribution in [3.8, 4) is 11.3 Å². The predicted molar refractivity (Wildman–Crippen MR) is 89.8 cm³/mol. The Morgan fingerprint density at radius 3 is 2.88 bits per heavy atom. The van der Waals surface area contributed by atoms with Crippen LogP contribution in [-0.4, -0.2) is 74.1 Å². The van der Waals surface area contributed by atoms with Crippen molar-refractivity contribution in [1.82, 2.24) is 24.7 Å². The maximum absolute atomic E-state index is 12.7. The molecule has 4 rings (SSSR count). The van der Waals surface area contributed by atoms with Crippen LogP contribution >= 0.6 is 0 Å². The summed E-state index contributed by atoms with van der Waals surface area (Å²) in [7, 11) is 1.82. The largest absolute Gasteiger partial charge is 0.387 e. The third-order valence-corrected chi connectivity index (χ3v) is 5.05. The molecule has 1 N–H and O–H groups in total. The van der Waals surface area contributed by atoms with Crippen molar-refractivity contribution in [3.05, 3.63) is 24.2 Å². The smallest absolute Gasteiger partial charge is 0.276 e. The molecule has 2 aromatic rings. The summed E-state index contributed by atoms with van der Waals surface area (Å²) in [6.45, 7) is 3.59. The molecule has 0 spiro atoms. The first-order valence-corrected chi connectivity index (χ1v) is 8.72. The van der Waals surface area contributed by atoms with Gasteiger partial charge in [-0.2, -0.15) is 5.10 Å². The third kappa shape index (κ3) is 3.32. The van der Waals surface area contributed by atoms with Gasteiger partial charge in [0.1, 0.15) is 0 Å². The van der Waals surface area contributed by atoms with Crippen molar-refractivity contribution in [2.24, 2.45) is 7.05 Å². The monoisotopic (exact) mass is 345 g/mol. The van der Waals surface area contributed by atoms with E-state index >= 15 is 0 Å². The number of hydrogen-bond acceptors (Lipinski definition) is 6. The van der Waals surface area contributed by atoms with Gasteiger partial charge in [-0.1, -0.05) is 5.16 Å². The molecule has 0 radical (unpaired) electrons. The van der Waals surface area contributed by atoms with Crippen molar-refractivity contribution in [2.75, 3.05) is 32.7 Å². The van der Waals surface area contributed by atoms with E-state index in [9.17, 15) is 9.90 Å². The number of aromatic nitrogens is 3. The molecule has 2 aliphatic rings. The second-order valence-electron chi connectivity index (χ2n) is 7.16. The quantitative estimate of drug-likeness (QED) is 0.880. The lowest BCUT2D eigenvalue weighted by Crippen LogP contribution is -2.45. The van der Waals surface area contributed by atoms with Crippen LogP contribution in [0.3, 0.4) is 0 Å². The molecule has 1 amide bonds. The number of carbonyl (C=O) groups excluding carboxylic acids is 1. The van der Waals surface area contributed by atoms with Gasteiger partial charge < -0.3 is 19.4 Å². The highest BCUT2D eigenvalue weighted by atomic mass is 16.5. The van der Waals surface area contributed by atoms with Gasteiger partial charge in [0.15, 0.2) is 11.5 Å². The molecule has 1 unspecified atom stereocenters. The first-order chi connectivity index (χ1) is 12.0. The van der Waals surface area contributed by atoms with E-state index in [1.165, 1.54) is 12.8 Å². The lowest BCUT2D eigenvalue weighted by atomic mass is 10.0. The zero-order valence-electron chi connectivity index (χ0n) is 14.4. The molecule has 2 fully saturated rings. The molecule has 134 valence electrons. The van der Waals surface area contributed by atoms with Gasteiger partial charge in [0.05, 0.1) is 23.9 Å². The highest BCUT2D eigenvalue weighted by molar-refractivity contribution is 5.93. The summed E-state index contributed by atoms with van der Waals surface area (Å²) in [5.41, 5.74) is 0.223. The Morgan fingerprint density at radius 1 is 1.36 bits per heavy atom. The minimum Gasteiger partial charge on any atom is -0.387 e. The molecule has 8 nitrogen and oxygen atoms in total. The van der Waals surface area contributed by atoms with Crippen molar-refractivity contribution in [1.29, 1.82) is 0 Å². The molecule has 2 aliphatic heterocycles. The Hall–Kier alpha value is -2.19. The molecule has 0 saturated carbocycles. The molecule has 4 heterocycles. The van der Waals surface area contributed by atoms with Crippen LogP contribution in [0.5, 0.6) is 0 Å². The Kier molecular flexibility index (Phi) is 4.09. The van der Waals surface area contributed by atoms with Crippen molar-refractivity contribution < 1.29 is 14.4 Å². The number of hydrogen-bond donors (Lipinski definition) is 1. The van der Waals surface area contributed by atoms with Crippen LogP contribution in [0, 0.1) is 0 Å². The highest BCUT2D eigenvalue weighted by Crippen LogP contribution is 2.26. The standard InChI is InChI=1S/C17H23N5O3/c1-20-10-13(9-18-20)15-8-14(19-25-15)16(23)22-7-4-17(24,12-22)11-21-5-2-3-6-21/h8-10,24H,2-7,11-12H2,1H3. The number of aliphatic hydroxyl groups is 1. The fraction of sp³-hybridized carbons (Fsp3) is 0.588. The second kappa shape index (κ2) is 6.27. The average Bonchev–Trinajstić information content (AvgIpc) is 3.33. The summed E-state index contributed by atoms with van der Waals surface area (Å²) in [5, 5.41) is 18.8. The van der Waals surface area contributed by atoms with E-state index in [0.29, 0.717) is 31.8 Å². The van der Waals surface area contributed by atoms with Gasteiger partial charge in [0.25, 0.3) is 5.91 Å². The van der Waals surface area contributed by atoms with Crippen LogP contribution in [0.25, 0.3) is 11.3 Å². The summed E-state index contributed by atoms with van der Waals surface area (Å²) >= 11 is 0. The Balaban J connectivity index is 1.42. The van der Waals surface area contributed by atoms with Gasteiger partial charge in [0.2, 0.25) is 0 Å². The van der Waals surface area contributed by atoms with Gasteiger partial charge >= 0.3 is 0 Å². The molecule has 1 atom stereocenters. The van der Waals surface area contributed by atoms with Crippen LogP contribution < -0.4 is 0 Å². The maximum Gasteiger partial charge on any atom is 0.276 e. The normalized spacial score (nSPS) is 24.3. The van der Waals surface area contributed by atoms with Crippen LogP contribution in [-0.2, 0) is 7.05 Å². The molecule has 8 heteroatoms. The molecule has 0 aliphatic carbocycles. The van der Waals surface area contributed by atoms with E-state index in [1.807, 2.05) is 7.05 Å². The molecule has 0 bridgehead atoms. The number of aryl methyl sites for hydroxylation is 1. The lowest BCUT2D eigenvalue weighted by molar-refractivity contribution is 0.0174. The number of carbonyl (C=O) groups is 1. The average molecular weight is 345 g/mol. The number of rotatable bonds is 4. The number of amides is 1. The Morgan fingerprint density at radius 2 is 2.16 bits per heavy atom. The molecule has 0 aromatic carbocycles. The Labute approximate surface area is 146 Å². The van der Waals surface area contributed by atoms with E-state index in [-0.39, 0.29) is 11.6 Å². The third-order valence-electron chi connectivity index (χ3n) is 5.05. The van der Waals surface area contributed by atoms with E-state index in [0.717, 1.165) is 18.7 Å². The number of nitrogens with zero attached hydrogens (tertiary/aromatic N) is 5. The van der Waals surface area contributed by atoms with E-state index in [2.05, 4.69) is 15.2 Å². The summed E-state index contributed by atoms with van der Waals surface area (Å²) in [6, 6.07) is 1.64. The fourth-order valence-electron chi connectivity index (χ4n) is 3.74. The summed E-state index contributed by atoms with van der Waals surface area (Å²) < 4.78 is 6.95. The maximum atomic E-state index is 12.7. The van der Waals surface area contributed by atoms with Gasteiger partial charge in [-0.15, -0.1) is 0 Å². The van der Waals surface area contributed by atoms with Gasteiger partial charge in [-0.25, -0.2) is 0 Å². The summed E-state index contributed by atoms with van der Waals surface area (Å²) in [6.07, 6.45) is 6.45. The number of β-amino-alcohol motifs (C(OH)–C–C–N with tert-alkyl or cyclic N) is 1. The van der Waals surface area contributed by atoms with Crippen molar-refractivity contribution >= 4 is 5.91 Å². The van der Waals surface area contributed by atoms with Crippen molar-refractivity contribution in [3.63, 3.8) is 0 Å². The minimum absolute atomic E-state index is 0.198. The molecule has 2 saturated heterocycles. The highest BCUT2D eigenvalue weighted by Gasteiger charge is 2.40. The van der Waals surface area contributed by atoms with E-state index < -0.39 is 5.60 Å². The molecule has 25 heavy (non-hydrogen) atoms. The lowest BCUT2D eigenvalue weighted by Gasteiger charge is -2.28. The Bertz CT molecular complexity index is 764. The van der Waals surface area contributed by atoms with Gasteiger partial charge in [-0.05, 0) is 32.4 Å². The fourth-order valence-corrected chi connectivity index (χ4v) is 3.74. The van der Waals surface area contributed by atoms with Crippen LogP contribution in [0.2, 0.25) is 0 Å². The topological polar surface area (TPSA) is 87.6 Å². The van der Waals surface area contributed by atoms with Gasteiger partial charge in [-0.3, -0.25) is 9.48 Å². The SMILES string of the molecule is Cn1cc(-c2cc(C(=O)N3CCC(O)(CN4CCCC4)C3)no2)cn1. The summed E-state index contributed by atoms with van der Waals surface area (Å²) in [4.78, 5) is 16.6. The zero-order chi connectivity index (χ0) is 17.4. The minimum atomic E-state index is -0.823. The second-order valence-corrected chi connectivity index (χ2v) is 7.16. The molecule has 2 aromatic heterocycles. The molecular formula is C17H23N5O3. The van der Waals surface area contributed by atoms with Crippen molar-refractivity contribution in [2.45, 2.75) is 24.9 Å². The van der Waals surface area contributed by atoms with Gasteiger partial charge in [0, 0.05) is 32.4 Å². The van der Waals surface area contributed by atoms with E-state index in [4.69, 9.17) is 4.52 Å². The summed E-state index contributed by atoms with van der Waals surface area (Å²) in [5.74, 6) is 0.319. The van der Waals surface area contributed by atoms with Crippen LogP contribution in [0.15, 0.2) is 23.0 Å². The van der Waals surface area contributed by atoms with Crippen LogP contribution in [0.4, 0.5) is 0 Å². The first kappa shape index (κ1) is 16.3.